The third-order valence-electron chi connectivity index (χ3n) is 11.0. The molecule has 2 atom stereocenters. The second-order valence-corrected chi connectivity index (χ2v) is 16.6. The Morgan fingerprint density at radius 3 is 1.44 bits per heavy atom. The molecule has 0 aliphatic carbocycles. The van der Waals surface area contributed by atoms with Gasteiger partial charge in [-0.3, -0.25) is 14.5 Å². The number of rotatable bonds is 13. The standard InChI is InChI=1S/C24H30N6O.C14H17ClN4O.C10H14N2/c1-17(2)22(23(25)31)28-24-19-10-6-7-11-20(19)26-21(27-24)16-29-12-14-30(15-13-29)18-8-4-3-5-9-18;1-8(2)12(13(16)20)19-14-9-5-3-4-6-10(9)17-11(7-15)18-14;1-2-4-10(5-3-1)12-8-6-11-7-9-12/h3-11,17,22H,12-16H2,1-2H3,(H2,25,31)(H,26,27,28);3-6,8,12H,7H2,1-2H3,(H2,16,20)(H,17,18,19);1-5,11H,6-9H2/t22-;12-;/m00./s1. The first-order valence-electron chi connectivity index (χ1n) is 21.7. The van der Waals surface area contributed by atoms with Crippen LogP contribution in [0.5, 0.6) is 0 Å². The number of hydrogen-bond donors (Lipinski definition) is 5. The molecular formula is C48H61ClN12O2. The predicted octanol–water partition coefficient (Wildman–Crippen LogP) is 6.26. The lowest BCUT2D eigenvalue weighted by atomic mass is 10.0. The van der Waals surface area contributed by atoms with Crippen molar-refractivity contribution in [2.45, 2.75) is 52.2 Å². The van der Waals surface area contributed by atoms with Gasteiger partial charge < -0.3 is 37.2 Å². The Morgan fingerprint density at radius 1 is 0.587 bits per heavy atom. The highest BCUT2D eigenvalue weighted by Crippen LogP contribution is 2.25. The zero-order valence-electron chi connectivity index (χ0n) is 36.8. The fourth-order valence-electron chi connectivity index (χ4n) is 7.59. The number of fused-ring (bicyclic) bond motifs is 2. The summed E-state index contributed by atoms with van der Waals surface area (Å²) in [7, 11) is 0. The van der Waals surface area contributed by atoms with Crippen molar-refractivity contribution in [3.8, 4) is 0 Å². The summed E-state index contributed by atoms with van der Waals surface area (Å²) in [6, 6.07) is 35.6. The van der Waals surface area contributed by atoms with Gasteiger partial charge in [0.05, 0.1) is 23.5 Å². The molecule has 332 valence electrons. The first-order chi connectivity index (χ1) is 30.5. The van der Waals surface area contributed by atoms with Crippen molar-refractivity contribution >= 4 is 68.2 Å². The van der Waals surface area contributed by atoms with Crippen LogP contribution in [-0.2, 0) is 22.0 Å². The average Bonchev–Trinajstić information content (AvgIpc) is 3.31. The number of carbonyl (C=O) groups is 2. The van der Waals surface area contributed by atoms with Crippen molar-refractivity contribution in [2.24, 2.45) is 23.3 Å². The van der Waals surface area contributed by atoms with Crippen LogP contribution in [0.25, 0.3) is 21.8 Å². The van der Waals surface area contributed by atoms with E-state index >= 15 is 0 Å². The minimum Gasteiger partial charge on any atom is -0.369 e. The van der Waals surface area contributed by atoms with Crippen LogP contribution in [0.2, 0.25) is 0 Å². The second-order valence-electron chi connectivity index (χ2n) is 16.4. The number of nitrogens with one attached hydrogen (secondary N) is 3. The summed E-state index contributed by atoms with van der Waals surface area (Å²) in [5.41, 5.74) is 15.3. The number of para-hydroxylation sites is 4. The topological polar surface area (TPSA) is 184 Å². The molecule has 15 heteroatoms. The zero-order valence-corrected chi connectivity index (χ0v) is 37.5. The number of piperazine rings is 2. The molecule has 0 bridgehead atoms. The SMILES string of the molecule is CC(C)[C@H](Nc1nc(CCl)nc2ccccc12)C(N)=O.CC(C)[C@H](Nc1nc(CN2CCN(c3ccccc3)CC2)nc2ccccc12)C(N)=O.c1ccc(N2CCNCC2)cc1. The van der Waals surface area contributed by atoms with E-state index in [2.05, 4.69) is 95.2 Å². The highest BCUT2D eigenvalue weighted by atomic mass is 35.5. The number of aromatic nitrogens is 4. The number of carbonyl (C=O) groups excluding carboxylic acids is 2. The zero-order chi connectivity index (χ0) is 44.7. The minimum absolute atomic E-state index is 0.0562. The first kappa shape index (κ1) is 46.4. The van der Waals surface area contributed by atoms with Crippen LogP contribution >= 0.6 is 11.6 Å². The largest absolute Gasteiger partial charge is 0.369 e. The number of hydrogen-bond acceptors (Lipinski definition) is 12. The molecular weight excluding hydrogens is 812 g/mol. The van der Waals surface area contributed by atoms with Gasteiger partial charge in [0.2, 0.25) is 11.8 Å². The molecule has 2 aliphatic rings. The van der Waals surface area contributed by atoms with Gasteiger partial charge in [-0.1, -0.05) is 88.4 Å². The van der Waals surface area contributed by atoms with Gasteiger partial charge >= 0.3 is 0 Å². The van der Waals surface area contributed by atoms with Crippen LogP contribution in [0.4, 0.5) is 23.0 Å². The van der Waals surface area contributed by atoms with Crippen LogP contribution in [0.3, 0.4) is 0 Å². The average molecular weight is 874 g/mol. The van der Waals surface area contributed by atoms with E-state index in [4.69, 9.17) is 33.0 Å². The van der Waals surface area contributed by atoms with Crippen LogP contribution in [0.1, 0.15) is 39.3 Å². The smallest absolute Gasteiger partial charge is 0.240 e. The highest BCUT2D eigenvalue weighted by molar-refractivity contribution is 6.16. The van der Waals surface area contributed by atoms with Crippen molar-refractivity contribution in [2.75, 3.05) is 72.8 Å². The van der Waals surface area contributed by atoms with Crippen LogP contribution in [0, 0.1) is 11.8 Å². The fourth-order valence-corrected chi connectivity index (χ4v) is 7.71. The summed E-state index contributed by atoms with van der Waals surface area (Å²) in [5.74, 6) is 2.06. The lowest BCUT2D eigenvalue weighted by Crippen LogP contribution is -2.46. The third-order valence-corrected chi connectivity index (χ3v) is 11.3. The molecule has 2 aliphatic heterocycles. The number of anilines is 4. The maximum absolute atomic E-state index is 11.9. The number of alkyl halides is 1. The normalized spacial score (nSPS) is 15.2. The van der Waals surface area contributed by atoms with E-state index in [1.165, 1.54) is 11.4 Å². The number of halogens is 1. The van der Waals surface area contributed by atoms with Crippen LogP contribution in [0.15, 0.2) is 109 Å². The lowest BCUT2D eigenvalue weighted by Gasteiger charge is -2.35. The van der Waals surface area contributed by atoms with Gasteiger partial charge in [-0.2, -0.15) is 0 Å². The molecule has 14 nitrogen and oxygen atoms in total. The van der Waals surface area contributed by atoms with Crippen molar-refractivity contribution in [1.82, 2.24) is 30.2 Å². The Morgan fingerprint density at radius 2 is 1.00 bits per heavy atom. The molecule has 2 aromatic heterocycles. The fraction of sp³-hybridized carbons (Fsp3) is 0.375. The number of amides is 2. The number of nitrogens with zero attached hydrogens (tertiary/aromatic N) is 7. The Balaban J connectivity index is 0.000000175. The van der Waals surface area contributed by atoms with Gasteiger partial charge in [0, 0.05) is 74.5 Å². The maximum Gasteiger partial charge on any atom is 0.240 e. The Bertz CT molecular complexity index is 2370. The van der Waals surface area contributed by atoms with E-state index in [-0.39, 0.29) is 23.6 Å². The van der Waals surface area contributed by atoms with Gasteiger partial charge in [0.25, 0.3) is 0 Å². The molecule has 7 N–H and O–H groups in total. The van der Waals surface area contributed by atoms with Crippen molar-refractivity contribution in [3.63, 3.8) is 0 Å². The van der Waals surface area contributed by atoms with E-state index in [0.717, 1.165) is 80.0 Å². The molecule has 2 fully saturated rings. The van der Waals surface area contributed by atoms with Gasteiger partial charge in [-0.25, -0.2) is 19.9 Å². The van der Waals surface area contributed by atoms with Crippen LogP contribution in [-0.4, -0.2) is 101 Å². The molecule has 0 saturated carbocycles. The van der Waals surface area contributed by atoms with Crippen molar-refractivity contribution in [1.29, 1.82) is 0 Å². The summed E-state index contributed by atoms with van der Waals surface area (Å²) in [6.07, 6.45) is 0. The minimum atomic E-state index is -0.489. The van der Waals surface area contributed by atoms with E-state index < -0.39 is 18.0 Å². The van der Waals surface area contributed by atoms with Gasteiger partial charge in [-0.05, 0) is 60.4 Å². The predicted molar refractivity (Wildman–Crippen MR) is 257 cm³/mol. The lowest BCUT2D eigenvalue weighted by molar-refractivity contribution is -0.120. The van der Waals surface area contributed by atoms with E-state index in [0.29, 0.717) is 24.0 Å². The second kappa shape index (κ2) is 22.8. The Hall–Kier alpha value is -6.09. The summed E-state index contributed by atoms with van der Waals surface area (Å²) in [5, 5.41) is 11.5. The summed E-state index contributed by atoms with van der Waals surface area (Å²) in [4.78, 5) is 48.9. The summed E-state index contributed by atoms with van der Waals surface area (Å²) in [6.45, 7) is 16.8. The van der Waals surface area contributed by atoms with Gasteiger partial charge in [-0.15, -0.1) is 11.6 Å². The van der Waals surface area contributed by atoms with Crippen molar-refractivity contribution in [3.05, 3.63) is 121 Å². The molecule has 8 rings (SSSR count). The van der Waals surface area contributed by atoms with Gasteiger partial charge in [0.1, 0.15) is 35.4 Å². The Labute approximate surface area is 375 Å². The molecule has 0 unspecified atom stereocenters. The van der Waals surface area contributed by atoms with Gasteiger partial charge in [0.15, 0.2) is 0 Å². The molecule has 2 amide bonds. The number of primary amides is 2. The molecule has 63 heavy (non-hydrogen) atoms. The molecule has 4 aromatic carbocycles. The number of nitrogens with two attached hydrogens (primary N) is 2. The van der Waals surface area contributed by atoms with E-state index in [1.54, 1.807) is 0 Å². The monoisotopic (exact) mass is 872 g/mol. The first-order valence-corrected chi connectivity index (χ1v) is 22.3. The molecule has 2 saturated heterocycles. The molecule has 4 heterocycles. The summed E-state index contributed by atoms with van der Waals surface area (Å²) < 4.78 is 0. The highest BCUT2D eigenvalue weighted by Gasteiger charge is 2.24. The molecule has 0 spiro atoms. The third kappa shape index (κ3) is 13.0. The van der Waals surface area contributed by atoms with E-state index in [9.17, 15) is 9.59 Å². The molecule has 0 radical (unpaired) electrons. The van der Waals surface area contributed by atoms with E-state index in [1.807, 2.05) is 82.3 Å². The quantitative estimate of drug-likeness (QED) is 0.0823. The van der Waals surface area contributed by atoms with Crippen LogP contribution < -0.4 is 37.2 Å². The molecule has 6 aromatic rings. The maximum atomic E-state index is 11.9. The summed E-state index contributed by atoms with van der Waals surface area (Å²) >= 11 is 5.82. The number of benzene rings is 4. The Kier molecular flexibility index (Phi) is 16.8. The van der Waals surface area contributed by atoms with Crippen molar-refractivity contribution < 1.29 is 9.59 Å².